The molecule has 0 aromatic heterocycles. The number of nitrogens with one attached hydrogen (secondary N) is 2. The predicted molar refractivity (Wildman–Crippen MR) is 130 cm³/mol. The summed E-state index contributed by atoms with van der Waals surface area (Å²) < 4.78 is 6.53. The van der Waals surface area contributed by atoms with E-state index in [2.05, 4.69) is 31.8 Å². The zero-order valence-electron chi connectivity index (χ0n) is 17.5. The lowest BCUT2D eigenvalue weighted by Crippen LogP contribution is -2.32. The van der Waals surface area contributed by atoms with Gasteiger partial charge in [-0.2, -0.15) is 5.10 Å². The fraction of sp³-hybridized carbons (Fsp3) is 0.125. The van der Waals surface area contributed by atoms with Crippen molar-refractivity contribution in [3.63, 3.8) is 0 Å². The SMILES string of the molecule is Cc1cccc(C)c1NC(=O)C(=O)N/N=C\c1ccc(OCc2ccccc2Cl)c(Br)c1. The third-order valence-electron chi connectivity index (χ3n) is 4.60. The van der Waals surface area contributed by atoms with E-state index in [1.807, 2.05) is 56.3 Å². The van der Waals surface area contributed by atoms with Crippen molar-refractivity contribution in [2.24, 2.45) is 5.10 Å². The predicted octanol–water partition coefficient (Wildman–Crippen LogP) is 5.39. The number of hydrogen-bond donors (Lipinski definition) is 2. The van der Waals surface area contributed by atoms with Crippen LogP contribution in [0.1, 0.15) is 22.3 Å². The van der Waals surface area contributed by atoms with Crippen molar-refractivity contribution in [1.29, 1.82) is 0 Å². The molecule has 3 aromatic rings. The summed E-state index contributed by atoms with van der Waals surface area (Å²) in [6.07, 6.45) is 1.44. The number of anilines is 1. The molecule has 2 N–H and O–H groups in total. The van der Waals surface area contributed by atoms with Crippen molar-refractivity contribution in [2.75, 3.05) is 5.32 Å². The number of aryl methyl sites for hydroxylation is 2. The molecule has 0 aliphatic heterocycles. The van der Waals surface area contributed by atoms with Gasteiger partial charge in [-0.05, 0) is 70.7 Å². The van der Waals surface area contributed by atoms with Gasteiger partial charge in [0.15, 0.2) is 0 Å². The van der Waals surface area contributed by atoms with Crippen molar-refractivity contribution in [1.82, 2.24) is 5.43 Å². The first-order valence-electron chi connectivity index (χ1n) is 9.71. The molecule has 0 fully saturated rings. The largest absolute Gasteiger partial charge is 0.488 e. The number of rotatable bonds is 6. The smallest absolute Gasteiger partial charge is 0.329 e. The summed E-state index contributed by atoms with van der Waals surface area (Å²) in [5.74, 6) is -1.01. The Morgan fingerprint density at radius 1 is 1.03 bits per heavy atom. The van der Waals surface area contributed by atoms with Crippen LogP contribution in [0.4, 0.5) is 5.69 Å². The Balaban J connectivity index is 1.56. The van der Waals surface area contributed by atoms with E-state index >= 15 is 0 Å². The average molecular weight is 515 g/mol. The highest BCUT2D eigenvalue weighted by molar-refractivity contribution is 9.10. The summed E-state index contributed by atoms with van der Waals surface area (Å²) >= 11 is 9.61. The summed E-state index contributed by atoms with van der Waals surface area (Å²) in [4.78, 5) is 24.2. The highest BCUT2D eigenvalue weighted by Gasteiger charge is 2.15. The van der Waals surface area contributed by atoms with Gasteiger partial charge in [-0.3, -0.25) is 9.59 Å². The molecule has 0 saturated heterocycles. The van der Waals surface area contributed by atoms with E-state index in [4.69, 9.17) is 16.3 Å². The van der Waals surface area contributed by atoms with Crippen molar-refractivity contribution in [3.8, 4) is 5.75 Å². The van der Waals surface area contributed by atoms with Crippen LogP contribution in [0.3, 0.4) is 0 Å². The minimum atomic E-state index is -0.859. The van der Waals surface area contributed by atoms with Gasteiger partial charge in [0.2, 0.25) is 0 Å². The van der Waals surface area contributed by atoms with Gasteiger partial charge in [-0.1, -0.05) is 48.0 Å². The molecule has 164 valence electrons. The molecule has 0 bridgehead atoms. The van der Waals surface area contributed by atoms with Gasteiger partial charge in [0, 0.05) is 16.3 Å². The van der Waals surface area contributed by atoms with Crippen LogP contribution in [-0.4, -0.2) is 18.0 Å². The maximum absolute atomic E-state index is 12.1. The minimum Gasteiger partial charge on any atom is -0.488 e. The zero-order valence-corrected chi connectivity index (χ0v) is 19.8. The molecule has 0 aliphatic rings. The standard InChI is InChI=1S/C24H21BrClN3O3/c1-15-6-5-7-16(2)22(15)28-23(30)24(31)29-27-13-17-10-11-21(19(25)12-17)32-14-18-8-3-4-9-20(18)26/h3-13H,14H2,1-2H3,(H,28,30)(H,29,31)/b27-13-. The maximum atomic E-state index is 12.1. The van der Waals surface area contributed by atoms with Crippen LogP contribution in [-0.2, 0) is 16.2 Å². The minimum absolute atomic E-state index is 0.331. The van der Waals surface area contributed by atoms with Crippen LogP contribution in [0.2, 0.25) is 5.02 Å². The van der Waals surface area contributed by atoms with Crippen LogP contribution in [0.25, 0.3) is 0 Å². The molecule has 0 spiro atoms. The van der Waals surface area contributed by atoms with Crippen molar-refractivity contribution in [2.45, 2.75) is 20.5 Å². The van der Waals surface area contributed by atoms with Crippen LogP contribution < -0.4 is 15.5 Å². The van der Waals surface area contributed by atoms with Crippen molar-refractivity contribution >= 4 is 51.2 Å². The number of hydrazone groups is 1. The normalized spacial score (nSPS) is 10.8. The first-order chi connectivity index (χ1) is 15.3. The van der Waals surface area contributed by atoms with E-state index in [-0.39, 0.29) is 0 Å². The third kappa shape index (κ3) is 6.18. The Morgan fingerprint density at radius 2 is 1.75 bits per heavy atom. The monoisotopic (exact) mass is 513 g/mol. The van der Waals surface area contributed by atoms with Gasteiger partial charge in [-0.25, -0.2) is 5.43 Å². The molecule has 0 unspecified atom stereocenters. The number of benzene rings is 3. The topological polar surface area (TPSA) is 79.8 Å². The molecular formula is C24H21BrClN3O3. The highest BCUT2D eigenvalue weighted by atomic mass is 79.9. The van der Waals surface area contributed by atoms with E-state index in [9.17, 15) is 9.59 Å². The molecule has 0 aliphatic carbocycles. The second kappa shape index (κ2) is 10.9. The number of carbonyl (C=O) groups excluding carboxylic acids is 2. The van der Waals surface area contributed by atoms with Gasteiger partial charge in [0.1, 0.15) is 12.4 Å². The number of carbonyl (C=O) groups is 2. The van der Waals surface area contributed by atoms with Crippen molar-refractivity contribution in [3.05, 3.63) is 92.4 Å². The third-order valence-corrected chi connectivity index (χ3v) is 5.59. The fourth-order valence-electron chi connectivity index (χ4n) is 2.88. The molecular weight excluding hydrogens is 494 g/mol. The van der Waals surface area contributed by atoms with E-state index < -0.39 is 11.8 Å². The molecule has 0 saturated carbocycles. The van der Waals surface area contributed by atoms with E-state index in [1.165, 1.54) is 6.21 Å². The Kier molecular flexibility index (Phi) is 8.03. The van der Waals surface area contributed by atoms with Crippen LogP contribution >= 0.6 is 27.5 Å². The van der Waals surface area contributed by atoms with Gasteiger partial charge in [0.25, 0.3) is 0 Å². The molecule has 32 heavy (non-hydrogen) atoms. The van der Waals surface area contributed by atoms with Gasteiger partial charge >= 0.3 is 11.8 Å². The molecule has 6 nitrogen and oxygen atoms in total. The summed E-state index contributed by atoms with van der Waals surface area (Å²) in [6, 6.07) is 18.4. The average Bonchev–Trinajstić information content (AvgIpc) is 2.76. The van der Waals surface area contributed by atoms with Crippen LogP contribution in [0, 0.1) is 13.8 Å². The first kappa shape index (κ1) is 23.5. The van der Waals surface area contributed by atoms with Crippen LogP contribution in [0.5, 0.6) is 5.75 Å². The van der Waals surface area contributed by atoms with Gasteiger partial charge in [-0.15, -0.1) is 0 Å². The van der Waals surface area contributed by atoms with E-state index in [0.29, 0.717) is 33.1 Å². The van der Waals surface area contributed by atoms with Crippen molar-refractivity contribution < 1.29 is 14.3 Å². The second-order valence-electron chi connectivity index (χ2n) is 6.99. The summed E-state index contributed by atoms with van der Waals surface area (Å²) in [5.41, 5.74) is 6.18. The number of amides is 2. The number of halogens is 2. The lowest BCUT2D eigenvalue weighted by Gasteiger charge is -2.10. The molecule has 3 rings (SSSR count). The fourth-order valence-corrected chi connectivity index (χ4v) is 3.58. The first-order valence-corrected chi connectivity index (χ1v) is 10.9. The number of para-hydroxylation sites is 1. The number of ether oxygens (including phenoxy) is 1. The second-order valence-corrected chi connectivity index (χ2v) is 8.25. The summed E-state index contributed by atoms with van der Waals surface area (Å²) in [7, 11) is 0. The van der Waals surface area contributed by atoms with Crippen LogP contribution in [0.15, 0.2) is 70.2 Å². The zero-order chi connectivity index (χ0) is 23.1. The molecule has 0 radical (unpaired) electrons. The Hall–Kier alpha value is -3.16. The van der Waals surface area contributed by atoms with E-state index in [0.717, 1.165) is 16.7 Å². The Morgan fingerprint density at radius 3 is 2.44 bits per heavy atom. The highest BCUT2D eigenvalue weighted by Crippen LogP contribution is 2.27. The summed E-state index contributed by atoms with van der Waals surface area (Å²) in [6.45, 7) is 4.05. The molecule has 0 atom stereocenters. The number of hydrogen-bond acceptors (Lipinski definition) is 4. The maximum Gasteiger partial charge on any atom is 0.329 e. The van der Waals surface area contributed by atoms with Gasteiger partial charge < -0.3 is 10.1 Å². The van der Waals surface area contributed by atoms with E-state index in [1.54, 1.807) is 18.2 Å². The van der Waals surface area contributed by atoms with Gasteiger partial charge in [0.05, 0.1) is 10.7 Å². The molecule has 8 heteroatoms. The molecule has 2 amide bonds. The molecule has 0 heterocycles. The lowest BCUT2D eigenvalue weighted by atomic mass is 10.1. The Bertz CT molecular complexity index is 1160. The Labute approximate surface area is 199 Å². The molecule has 3 aromatic carbocycles. The quantitative estimate of drug-likeness (QED) is 0.263. The number of nitrogens with zero attached hydrogens (tertiary/aromatic N) is 1. The summed E-state index contributed by atoms with van der Waals surface area (Å²) in [5, 5.41) is 7.12. The lowest BCUT2D eigenvalue weighted by molar-refractivity contribution is -0.136.